The van der Waals surface area contributed by atoms with Crippen LogP contribution in [0.15, 0.2) is 36.4 Å². The van der Waals surface area contributed by atoms with Crippen molar-refractivity contribution in [1.82, 2.24) is 15.1 Å². The molecular formula is C21H24N4O4. The summed E-state index contributed by atoms with van der Waals surface area (Å²) in [6.07, 6.45) is 0.867. The molecule has 152 valence electrons. The third-order valence-electron chi connectivity index (χ3n) is 5.38. The normalized spacial score (nSPS) is 21.5. The molecule has 2 fully saturated rings. The standard InChI is InChI=1S/C21H24N4O4/c1-14-3-8-19(23-22-14)29-18-9-10-24(13-18)21(27)15-11-20(26)25(12-15)16-4-6-17(28-2)7-5-16/h3-8,15,18H,9-13H2,1-2H3/t15-,18+/m1/s1. The Kier molecular flexibility index (Phi) is 5.33. The number of aryl methyl sites for hydroxylation is 1. The van der Waals surface area contributed by atoms with Gasteiger partial charge in [0.05, 0.1) is 25.3 Å². The molecule has 0 radical (unpaired) electrons. The van der Waals surface area contributed by atoms with Crippen LogP contribution in [0.2, 0.25) is 0 Å². The van der Waals surface area contributed by atoms with Crippen LogP contribution in [0, 0.1) is 12.8 Å². The first kappa shape index (κ1) is 19.2. The van der Waals surface area contributed by atoms with E-state index in [0.29, 0.717) is 25.5 Å². The van der Waals surface area contributed by atoms with Gasteiger partial charge in [-0.3, -0.25) is 9.59 Å². The van der Waals surface area contributed by atoms with Crippen LogP contribution in [-0.2, 0) is 9.59 Å². The first-order chi connectivity index (χ1) is 14.0. The molecule has 2 aromatic rings. The van der Waals surface area contributed by atoms with E-state index in [-0.39, 0.29) is 30.3 Å². The number of likely N-dealkylation sites (tertiary alicyclic amines) is 1. The van der Waals surface area contributed by atoms with E-state index in [1.54, 1.807) is 23.0 Å². The Balaban J connectivity index is 1.35. The number of rotatable bonds is 5. The van der Waals surface area contributed by atoms with Crippen LogP contribution < -0.4 is 14.4 Å². The van der Waals surface area contributed by atoms with Gasteiger partial charge in [0.2, 0.25) is 17.7 Å². The fraction of sp³-hybridized carbons (Fsp3) is 0.429. The highest BCUT2D eigenvalue weighted by atomic mass is 16.5. The summed E-state index contributed by atoms with van der Waals surface area (Å²) in [5.41, 5.74) is 1.61. The number of amides is 2. The van der Waals surface area contributed by atoms with Crippen molar-refractivity contribution in [3.63, 3.8) is 0 Å². The summed E-state index contributed by atoms with van der Waals surface area (Å²) < 4.78 is 11.0. The van der Waals surface area contributed by atoms with Crippen LogP contribution in [0.25, 0.3) is 0 Å². The van der Waals surface area contributed by atoms with Crippen LogP contribution in [0.4, 0.5) is 5.69 Å². The van der Waals surface area contributed by atoms with Gasteiger partial charge in [-0.15, -0.1) is 5.10 Å². The highest BCUT2D eigenvalue weighted by Crippen LogP contribution is 2.29. The van der Waals surface area contributed by atoms with Crippen molar-refractivity contribution in [1.29, 1.82) is 0 Å². The molecule has 0 spiro atoms. The molecule has 0 aliphatic carbocycles. The molecule has 8 heteroatoms. The molecule has 0 N–H and O–H groups in total. The number of benzene rings is 1. The van der Waals surface area contributed by atoms with Crippen molar-refractivity contribution in [3.8, 4) is 11.6 Å². The van der Waals surface area contributed by atoms with Gasteiger partial charge in [-0.2, -0.15) is 5.10 Å². The highest BCUT2D eigenvalue weighted by molar-refractivity contribution is 6.00. The topological polar surface area (TPSA) is 84.9 Å². The summed E-state index contributed by atoms with van der Waals surface area (Å²) in [6, 6.07) is 10.9. The van der Waals surface area contributed by atoms with Gasteiger partial charge < -0.3 is 19.3 Å². The summed E-state index contributed by atoms with van der Waals surface area (Å²) in [4.78, 5) is 28.9. The molecule has 1 aromatic carbocycles. The van der Waals surface area contributed by atoms with Crippen molar-refractivity contribution < 1.29 is 19.1 Å². The van der Waals surface area contributed by atoms with Gasteiger partial charge in [-0.1, -0.05) is 0 Å². The maximum absolute atomic E-state index is 13.0. The van der Waals surface area contributed by atoms with Gasteiger partial charge in [0.15, 0.2) is 0 Å². The average Bonchev–Trinajstić information content (AvgIpc) is 3.36. The lowest BCUT2D eigenvalue weighted by Crippen LogP contribution is -2.37. The van der Waals surface area contributed by atoms with E-state index < -0.39 is 0 Å². The van der Waals surface area contributed by atoms with Crippen molar-refractivity contribution in [3.05, 3.63) is 42.1 Å². The van der Waals surface area contributed by atoms with E-state index in [0.717, 1.165) is 23.6 Å². The van der Waals surface area contributed by atoms with Crippen LogP contribution >= 0.6 is 0 Å². The van der Waals surface area contributed by atoms with Gasteiger partial charge >= 0.3 is 0 Å². The van der Waals surface area contributed by atoms with Crippen LogP contribution in [-0.4, -0.2) is 59.8 Å². The molecule has 0 saturated carbocycles. The molecule has 2 aliphatic rings. The molecule has 2 aliphatic heterocycles. The number of anilines is 1. The van der Waals surface area contributed by atoms with E-state index in [2.05, 4.69) is 10.2 Å². The van der Waals surface area contributed by atoms with Gasteiger partial charge in [-0.05, 0) is 37.3 Å². The fourth-order valence-corrected chi connectivity index (χ4v) is 3.79. The quantitative estimate of drug-likeness (QED) is 0.767. The fourth-order valence-electron chi connectivity index (χ4n) is 3.79. The molecule has 29 heavy (non-hydrogen) atoms. The number of carbonyl (C=O) groups excluding carboxylic acids is 2. The lowest BCUT2D eigenvalue weighted by atomic mass is 10.1. The molecule has 8 nitrogen and oxygen atoms in total. The summed E-state index contributed by atoms with van der Waals surface area (Å²) in [5.74, 6) is 0.847. The van der Waals surface area contributed by atoms with Crippen LogP contribution in [0.1, 0.15) is 18.5 Å². The minimum absolute atomic E-state index is 0.00968. The zero-order valence-corrected chi connectivity index (χ0v) is 16.6. The molecule has 2 atom stereocenters. The molecule has 3 heterocycles. The Hall–Kier alpha value is -3.16. The second-order valence-corrected chi connectivity index (χ2v) is 7.43. The maximum Gasteiger partial charge on any atom is 0.233 e. The third kappa shape index (κ3) is 4.16. The summed E-state index contributed by atoms with van der Waals surface area (Å²) in [6.45, 7) is 3.39. The molecule has 2 amide bonds. The number of ether oxygens (including phenoxy) is 2. The van der Waals surface area contributed by atoms with Crippen LogP contribution in [0.3, 0.4) is 0 Å². The van der Waals surface area contributed by atoms with Gasteiger partial charge in [0, 0.05) is 37.7 Å². The molecule has 4 rings (SSSR count). The zero-order valence-electron chi connectivity index (χ0n) is 16.6. The SMILES string of the molecule is COc1ccc(N2C[C@H](C(=O)N3CC[C@H](Oc4ccc(C)nn4)C3)CC2=O)cc1. The first-order valence-electron chi connectivity index (χ1n) is 9.73. The number of aromatic nitrogens is 2. The van der Waals surface area contributed by atoms with E-state index in [1.807, 2.05) is 37.3 Å². The van der Waals surface area contributed by atoms with Crippen molar-refractivity contribution in [2.45, 2.75) is 25.9 Å². The van der Waals surface area contributed by atoms with E-state index in [1.165, 1.54) is 0 Å². The minimum Gasteiger partial charge on any atom is -0.497 e. The van der Waals surface area contributed by atoms with Gasteiger partial charge in [0.25, 0.3) is 0 Å². The summed E-state index contributed by atoms with van der Waals surface area (Å²) in [5, 5.41) is 8.01. The molecule has 0 bridgehead atoms. The predicted octanol–water partition coefficient (Wildman–Crippen LogP) is 1.83. The van der Waals surface area contributed by atoms with E-state index in [4.69, 9.17) is 9.47 Å². The number of methoxy groups -OCH3 is 1. The summed E-state index contributed by atoms with van der Waals surface area (Å²) in [7, 11) is 1.60. The number of nitrogens with zero attached hydrogens (tertiary/aromatic N) is 4. The zero-order chi connectivity index (χ0) is 20.4. The Bertz CT molecular complexity index is 885. The largest absolute Gasteiger partial charge is 0.497 e. The lowest BCUT2D eigenvalue weighted by Gasteiger charge is -2.21. The van der Waals surface area contributed by atoms with Crippen molar-refractivity contribution in [2.75, 3.05) is 31.6 Å². The molecule has 0 unspecified atom stereocenters. The van der Waals surface area contributed by atoms with Gasteiger partial charge in [0.1, 0.15) is 11.9 Å². The Morgan fingerprint density at radius 1 is 1.10 bits per heavy atom. The second-order valence-electron chi connectivity index (χ2n) is 7.43. The number of hydrogen-bond donors (Lipinski definition) is 0. The molecule has 1 aromatic heterocycles. The highest BCUT2D eigenvalue weighted by Gasteiger charge is 2.39. The van der Waals surface area contributed by atoms with Crippen molar-refractivity contribution >= 4 is 17.5 Å². The Morgan fingerprint density at radius 2 is 1.90 bits per heavy atom. The van der Waals surface area contributed by atoms with Crippen LogP contribution in [0.5, 0.6) is 11.6 Å². The van der Waals surface area contributed by atoms with E-state index >= 15 is 0 Å². The maximum atomic E-state index is 13.0. The van der Waals surface area contributed by atoms with E-state index in [9.17, 15) is 9.59 Å². The van der Waals surface area contributed by atoms with Gasteiger partial charge in [-0.25, -0.2) is 0 Å². The second kappa shape index (κ2) is 8.06. The van der Waals surface area contributed by atoms with Crippen molar-refractivity contribution in [2.24, 2.45) is 5.92 Å². The molecule has 2 saturated heterocycles. The number of carbonyl (C=O) groups is 2. The molecular weight excluding hydrogens is 372 g/mol. The Morgan fingerprint density at radius 3 is 2.59 bits per heavy atom. The Labute approximate surface area is 169 Å². The minimum atomic E-state index is -0.331. The third-order valence-corrected chi connectivity index (χ3v) is 5.38. The average molecular weight is 396 g/mol. The first-order valence-corrected chi connectivity index (χ1v) is 9.73. The smallest absolute Gasteiger partial charge is 0.233 e. The predicted molar refractivity (Wildman–Crippen MR) is 106 cm³/mol. The summed E-state index contributed by atoms with van der Waals surface area (Å²) >= 11 is 0. The lowest BCUT2D eigenvalue weighted by molar-refractivity contribution is -0.135. The monoisotopic (exact) mass is 396 g/mol. The number of hydrogen-bond acceptors (Lipinski definition) is 6.